The highest BCUT2D eigenvalue weighted by Gasteiger charge is 2.28. The van der Waals surface area contributed by atoms with Gasteiger partial charge in [0.25, 0.3) is 0 Å². The number of amides is 1. The molecular weight excluding hydrogens is 316 g/mol. The van der Waals surface area contributed by atoms with Crippen molar-refractivity contribution in [3.8, 4) is 5.88 Å². The van der Waals surface area contributed by atoms with Crippen LogP contribution in [0.3, 0.4) is 0 Å². The number of rotatable bonds is 5. The van der Waals surface area contributed by atoms with Gasteiger partial charge in [-0.2, -0.15) is 4.98 Å². The van der Waals surface area contributed by atoms with Gasteiger partial charge in [-0.25, -0.2) is 0 Å². The molecule has 2 aromatic rings. The van der Waals surface area contributed by atoms with Crippen molar-refractivity contribution in [3.63, 3.8) is 0 Å². The number of benzene rings is 1. The molecule has 0 bridgehead atoms. The minimum absolute atomic E-state index is 0.0341. The second kappa shape index (κ2) is 7.51. The quantitative estimate of drug-likeness (QED) is 0.834. The third kappa shape index (κ3) is 4.47. The summed E-state index contributed by atoms with van der Waals surface area (Å²) >= 11 is 0. The van der Waals surface area contributed by atoms with Crippen molar-refractivity contribution in [1.82, 2.24) is 14.9 Å². The number of carbonyl (C=O) groups is 1. The van der Waals surface area contributed by atoms with Crippen molar-refractivity contribution < 1.29 is 9.53 Å². The molecule has 0 saturated carbocycles. The van der Waals surface area contributed by atoms with E-state index in [0.29, 0.717) is 18.8 Å². The number of aryl methyl sites for hydroxylation is 1. The summed E-state index contributed by atoms with van der Waals surface area (Å²) in [6, 6.07) is 8.09. The lowest BCUT2D eigenvalue weighted by Crippen LogP contribution is -2.32. The summed E-state index contributed by atoms with van der Waals surface area (Å²) in [5, 5.41) is 0. The van der Waals surface area contributed by atoms with Gasteiger partial charge in [-0.05, 0) is 12.5 Å². The van der Waals surface area contributed by atoms with E-state index in [2.05, 4.69) is 16.0 Å². The molecule has 2 heterocycles. The molecule has 132 valence electrons. The standard InChI is InChI=1S/C19H24N4O2/c1-14-5-4-6-15(9-14)10-19(24)23-8-7-16(13-23)25-18-12-20-11-17(21-18)22(2)3/h4-6,9,11-12,16H,7-8,10,13H2,1-3H3. The molecule has 6 nitrogen and oxygen atoms in total. The topological polar surface area (TPSA) is 58.6 Å². The summed E-state index contributed by atoms with van der Waals surface area (Å²) in [6.45, 7) is 3.35. The average molecular weight is 340 g/mol. The van der Waals surface area contributed by atoms with E-state index in [1.165, 1.54) is 5.56 Å². The van der Waals surface area contributed by atoms with Crippen LogP contribution >= 0.6 is 0 Å². The van der Waals surface area contributed by atoms with E-state index >= 15 is 0 Å². The molecule has 1 amide bonds. The number of hydrogen-bond donors (Lipinski definition) is 0. The fourth-order valence-corrected chi connectivity index (χ4v) is 2.94. The highest BCUT2D eigenvalue weighted by molar-refractivity contribution is 5.79. The molecule has 3 rings (SSSR count). The maximum Gasteiger partial charge on any atom is 0.234 e. The molecule has 1 fully saturated rings. The molecule has 1 aromatic carbocycles. The van der Waals surface area contributed by atoms with E-state index in [-0.39, 0.29) is 12.0 Å². The SMILES string of the molecule is Cc1cccc(CC(=O)N2CCC(Oc3cncc(N(C)C)n3)C2)c1. The number of hydrogen-bond acceptors (Lipinski definition) is 5. The van der Waals surface area contributed by atoms with Crippen LogP contribution < -0.4 is 9.64 Å². The molecule has 0 radical (unpaired) electrons. The van der Waals surface area contributed by atoms with Gasteiger partial charge >= 0.3 is 0 Å². The fraction of sp³-hybridized carbons (Fsp3) is 0.421. The first kappa shape index (κ1) is 17.2. The van der Waals surface area contributed by atoms with E-state index in [4.69, 9.17) is 4.74 Å². The van der Waals surface area contributed by atoms with Gasteiger partial charge in [-0.1, -0.05) is 29.8 Å². The van der Waals surface area contributed by atoms with Crippen LogP contribution in [0, 0.1) is 6.92 Å². The number of ether oxygens (including phenoxy) is 1. The van der Waals surface area contributed by atoms with Gasteiger partial charge in [0.1, 0.15) is 6.10 Å². The molecule has 0 aliphatic carbocycles. The predicted octanol–water partition coefficient (Wildman–Crippen LogP) is 2.07. The molecular formula is C19H24N4O2. The van der Waals surface area contributed by atoms with Crippen LogP contribution in [-0.4, -0.2) is 54.1 Å². The maximum absolute atomic E-state index is 12.5. The zero-order valence-corrected chi connectivity index (χ0v) is 15.0. The summed E-state index contributed by atoms with van der Waals surface area (Å²) in [7, 11) is 3.82. The maximum atomic E-state index is 12.5. The molecule has 25 heavy (non-hydrogen) atoms. The molecule has 1 saturated heterocycles. The van der Waals surface area contributed by atoms with Crippen LogP contribution in [0.25, 0.3) is 0 Å². The van der Waals surface area contributed by atoms with Crippen LogP contribution in [0.4, 0.5) is 5.82 Å². The second-order valence-corrected chi connectivity index (χ2v) is 6.64. The number of carbonyl (C=O) groups excluding carboxylic acids is 1. The number of aromatic nitrogens is 2. The summed E-state index contributed by atoms with van der Waals surface area (Å²) in [4.78, 5) is 24.8. The van der Waals surface area contributed by atoms with Crippen LogP contribution in [0.5, 0.6) is 5.88 Å². The Morgan fingerprint density at radius 1 is 1.36 bits per heavy atom. The zero-order chi connectivity index (χ0) is 17.8. The number of anilines is 1. The lowest BCUT2D eigenvalue weighted by molar-refractivity contribution is -0.129. The average Bonchev–Trinajstić information content (AvgIpc) is 3.04. The smallest absolute Gasteiger partial charge is 0.234 e. The minimum Gasteiger partial charge on any atom is -0.471 e. The van der Waals surface area contributed by atoms with Gasteiger partial charge in [0.2, 0.25) is 11.8 Å². The van der Waals surface area contributed by atoms with Crippen molar-refractivity contribution in [1.29, 1.82) is 0 Å². The van der Waals surface area contributed by atoms with E-state index < -0.39 is 0 Å². The van der Waals surface area contributed by atoms with Gasteiger partial charge < -0.3 is 14.5 Å². The summed E-state index contributed by atoms with van der Waals surface area (Å²) in [5.41, 5.74) is 2.23. The Labute approximate surface area is 148 Å². The van der Waals surface area contributed by atoms with Gasteiger partial charge in [0.05, 0.1) is 25.4 Å². The summed E-state index contributed by atoms with van der Waals surface area (Å²) in [6.07, 6.45) is 4.52. The third-order valence-electron chi connectivity index (χ3n) is 4.28. The Kier molecular flexibility index (Phi) is 5.16. The Balaban J connectivity index is 1.56. The third-order valence-corrected chi connectivity index (χ3v) is 4.28. The van der Waals surface area contributed by atoms with Gasteiger partial charge in [-0.3, -0.25) is 9.78 Å². The van der Waals surface area contributed by atoms with Crippen LogP contribution in [0.15, 0.2) is 36.7 Å². The van der Waals surface area contributed by atoms with Crippen molar-refractivity contribution >= 4 is 11.7 Å². The molecule has 1 unspecified atom stereocenters. The second-order valence-electron chi connectivity index (χ2n) is 6.64. The van der Waals surface area contributed by atoms with Crippen molar-refractivity contribution in [2.75, 3.05) is 32.1 Å². The van der Waals surface area contributed by atoms with E-state index in [1.54, 1.807) is 12.4 Å². The summed E-state index contributed by atoms with van der Waals surface area (Å²) in [5.74, 6) is 1.40. The predicted molar refractivity (Wildman–Crippen MR) is 96.9 cm³/mol. The Hall–Kier alpha value is -2.63. The van der Waals surface area contributed by atoms with E-state index in [0.717, 1.165) is 24.3 Å². The number of likely N-dealkylation sites (tertiary alicyclic amines) is 1. The van der Waals surface area contributed by atoms with Gasteiger partial charge in [-0.15, -0.1) is 0 Å². The number of nitrogens with zero attached hydrogens (tertiary/aromatic N) is 4. The Bertz CT molecular complexity index is 748. The van der Waals surface area contributed by atoms with Crippen LogP contribution in [-0.2, 0) is 11.2 Å². The van der Waals surface area contributed by atoms with E-state index in [9.17, 15) is 4.79 Å². The van der Waals surface area contributed by atoms with Crippen LogP contribution in [0.1, 0.15) is 17.5 Å². The largest absolute Gasteiger partial charge is 0.471 e. The highest BCUT2D eigenvalue weighted by Crippen LogP contribution is 2.19. The summed E-state index contributed by atoms with van der Waals surface area (Å²) < 4.78 is 5.92. The van der Waals surface area contributed by atoms with Crippen molar-refractivity contribution in [2.45, 2.75) is 25.9 Å². The zero-order valence-electron chi connectivity index (χ0n) is 15.0. The molecule has 1 aliphatic heterocycles. The van der Waals surface area contributed by atoms with E-state index in [1.807, 2.05) is 49.0 Å². The molecule has 0 N–H and O–H groups in total. The molecule has 0 spiro atoms. The Morgan fingerprint density at radius 2 is 2.20 bits per heavy atom. The van der Waals surface area contributed by atoms with Crippen LogP contribution in [0.2, 0.25) is 0 Å². The lowest BCUT2D eigenvalue weighted by Gasteiger charge is -2.18. The first-order chi connectivity index (χ1) is 12.0. The molecule has 1 aromatic heterocycles. The highest BCUT2D eigenvalue weighted by atomic mass is 16.5. The first-order valence-electron chi connectivity index (χ1n) is 8.50. The Morgan fingerprint density at radius 3 is 2.96 bits per heavy atom. The monoisotopic (exact) mass is 340 g/mol. The fourth-order valence-electron chi connectivity index (χ4n) is 2.94. The normalized spacial score (nSPS) is 16.8. The first-order valence-corrected chi connectivity index (χ1v) is 8.50. The molecule has 6 heteroatoms. The van der Waals surface area contributed by atoms with Gasteiger partial charge in [0.15, 0.2) is 5.82 Å². The van der Waals surface area contributed by atoms with Gasteiger partial charge in [0, 0.05) is 27.1 Å². The molecule has 1 atom stereocenters. The van der Waals surface area contributed by atoms with Crippen molar-refractivity contribution in [3.05, 3.63) is 47.8 Å². The lowest BCUT2D eigenvalue weighted by atomic mass is 10.1. The minimum atomic E-state index is -0.0341. The van der Waals surface area contributed by atoms with Crippen molar-refractivity contribution in [2.24, 2.45) is 0 Å². The molecule has 1 aliphatic rings.